The van der Waals surface area contributed by atoms with Crippen LogP contribution in [-0.4, -0.2) is 16.2 Å². The molecule has 0 spiro atoms. The van der Waals surface area contributed by atoms with E-state index < -0.39 is 0 Å². The number of hydrogen-bond donors (Lipinski definition) is 0. The average Bonchev–Trinajstić information content (AvgIpc) is 2.55. The van der Waals surface area contributed by atoms with E-state index in [0.717, 1.165) is 5.56 Å². The third-order valence-corrected chi connectivity index (χ3v) is 4.12. The summed E-state index contributed by atoms with van der Waals surface area (Å²) in [6, 6.07) is 5.18. The molecule has 2 rings (SSSR count). The van der Waals surface area contributed by atoms with Crippen molar-refractivity contribution in [2.24, 2.45) is 5.92 Å². The van der Waals surface area contributed by atoms with Crippen molar-refractivity contribution in [3.63, 3.8) is 0 Å². The molecule has 0 N–H and O–H groups in total. The van der Waals surface area contributed by atoms with Crippen LogP contribution in [0.25, 0.3) is 0 Å². The Kier molecular flexibility index (Phi) is 3.73. The lowest BCUT2D eigenvalue weighted by Crippen LogP contribution is -2.31. The van der Waals surface area contributed by atoms with Crippen molar-refractivity contribution in [1.29, 1.82) is 0 Å². The second-order valence-corrected chi connectivity index (χ2v) is 5.37. The monoisotopic (exact) mass is 363 g/mol. The Labute approximate surface area is 118 Å². The van der Waals surface area contributed by atoms with Gasteiger partial charge in [0.1, 0.15) is 0 Å². The molecular weight excluding hydrogens is 352 g/mol. The fourth-order valence-corrected chi connectivity index (χ4v) is 2.85. The van der Waals surface area contributed by atoms with Gasteiger partial charge in [0, 0.05) is 15.9 Å². The Bertz CT molecular complexity index is 489. The number of benzene rings is 1. The van der Waals surface area contributed by atoms with Crippen LogP contribution in [0.3, 0.4) is 0 Å². The third-order valence-electron chi connectivity index (χ3n) is 2.83. The Morgan fingerprint density at radius 1 is 1.47 bits per heavy atom. The molecule has 1 unspecified atom stereocenters. The maximum Gasteiger partial charge on any atom is 0.238 e. The number of alkyl halides is 1. The number of amides is 2. The zero-order valence-corrected chi connectivity index (χ0v) is 12.2. The fourth-order valence-electron chi connectivity index (χ4n) is 1.94. The number of anilines is 1. The quantitative estimate of drug-likeness (QED) is 0.460. The SMILES string of the molecule is Cc1cc(Cl)ccc1N1C(=O)CC(CI)C1=O. The van der Waals surface area contributed by atoms with E-state index in [0.29, 0.717) is 21.6 Å². The largest absolute Gasteiger partial charge is 0.274 e. The van der Waals surface area contributed by atoms with Gasteiger partial charge < -0.3 is 0 Å². The van der Waals surface area contributed by atoms with Crippen LogP contribution in [0.4, 0.5) is 5.69 Å². The van der Waals surface area contributed by atoms with Crippen LogP contribution in [-0.2, 0) is 9.59 Å². The third kappa shape index (κ3) is 2.33. The van der Waals surface area contributed by atoms with E-state index in [2.05, 4.69) is 22.6 Å². The molecule has 1 fully saturated rings. The first-order valence-electron chi connectivity index (χ1n) is 5.23. The van der Waals surface area contributed by atoms with Crippen molar-refractivity contribution in [2.75, 3.05) is 9.33 Å². The number of imide groups is 1. The zero-order valence-electron chi connectivity index (χ0n) is 9.24. The minimum absolute atomic E-state index is 0.102. The minimum Gasteiger partial charge on any atom is -0.274 e. The molecule has 5 heteroatoms. The molecule has 90 valence electrons. The average molecular weight is 364 g/mol. The van der Waals surface area contributed by atoms with E-state index in [4.69, 9.17) is 11.6 Å². The van der Waals surface area contributed by atoms with Crippen LogP contribution in [0.1, 0.15) is 12.0 Å². The van der Waals surface area contributed by atoms with Gasteiger partial charge in [0.15, 0.2) is 0 Å². The first-order chi connectivity index (χ1) is 8.04. The van der Waals surface area contributed by atoms with Crippen molar-refractivity contribution in [3.05, 3.63) is 28.8 Å². The van der Waals surface area contributed by atoms with Gasteiger partial charge in [-0.2, -0.15) is 0 Å². The molecule has 1 aliphatic rings. The summed E-state index contributed by atoms with van der Waals surface area (Å²) in [5.41, 5.74) is 1.49. The molecule has 0 aromatic heterocycles. The summed E-state index contributed by atoms with van der Waals surface area (Å²) in [5, 5.41) is 0.607. The van der Waals surface area contributed by atoms with Gasteiger partial charge in [0.05, 0.1) is 11.6 Å². The Hall–Kier alpha value is -0.620. The first-order valence-corrected chi connectivity index (χ1v) is 7.14. The van der Waals surface area contributed by atoms with Crippen LogP contribution in [0.5, 0.6) is 0 Å². The molecule has 1 aromatic carbocycles. The highest BCUT2D eigenvalue weighted by atomic mass is 127. The van der Waals surface area contributed by atoms with Crippen molar-refractivity contribution in [1.82, 2.24) is 0 Å². The summed E-state index contributed by atoms with van der Waals surface area (Å²) < 4.78 is 0.672. The van der Waals surface area contributed by atoms with Crippen LogP contribution in [0.2, 0.25) is 5.02 Å². The van der Waals surface area contributed by atoms with Crippen LogP contribution in [0, 0.1) is 12.8 Å². The van der Waals surface area contributed by atoms with Crippen LogP contribution >= 0.6 is 34.2 Å². The Balaban J connectivity index is 2.40. The summed E-state index contributed by atoms with van der Waals surface area (Å²) in [5.74, 6) is -0.407. The van der Waals surface area contributed by atoms with E-state index in [1.54, 1.807) is 18.2 Å². The van der Waals surface area contributed by atoms with Gasteiger partial charge in [-0.25, -0.2) is 0 Å². The lowest BCUT2D eigenvalue weighted by Gasteiger charge is -2.17. The first kappa shape index (κ1) is 12.8. The standard InChI is InChI=1S/C12H11ClINO2/c1-7-4-9(13)2-3-10(7)15-11(16)5-8(6-14)12(15)17/h2-4,8H,5-6H2,1H3. The molecule has 0 bridgehead atoms. The molecule has 3 nitrogen and oxygen atoms in total. The van der Waals surface area contributed by atoms with E-state index in [9.17, 15) is 9.59 Å². The highest BCUT2D eigenvalue weighted by molar-refractivity contribution is 14.1. The maximum atomic E-state index is 12.1. The zero-order chi connectivity index (χ0) is 12.6. The molecule has 1 heterocycles. The molecule has 0 radical (unpaired) electrons. The second-order valence-electron chi connectivity index (χ2n) is 4.05. The van der Waals surface area contributed by atoms with E-state index in [1.165, 1.54) is 4.90 Å². The Morgan fingerprint density at radius 2 is 2.18 bits per heavy atom. The predicted octanol–water partition coefficient (Wildman–Crippen LogP) is 2.96. The summed E-state index contributed by atoms with van der Waals surface area (Å²) in [4.78, 5) is 25.2. The van der Waals surface area contributed by atoms with Gasteiger partial charge in [-0.3, -0.25) is 14.5 Å². The predicted molar refractivity (Wildman–Crippen MR) is 75.7 cm³/mol. The van der Waals surface area contributed by atoms with Gasteiger partial charge >= 0.3 is 0 Å². The lowest BCUT2D eigenvalue weighted by molar-refractivity contribution is -0.122. The van der Waals surface area contributed by atoms with Crippen molar-refractivity contribution in [2.45, 2.75) is 13.3 Å². The summed E-state index contributed by atoms with van der Waals surface area (Å²) in [7, 11) is 0. The molecule has 0 aliphatic carbocycles. The van der Waals surface area contributed by atoms with Gasteiger partial charge in [0.25, 0.3) is 0 Å². The van der Waals surface area contributed by atoms with Gasteiger partial charge in [-0.1, -0.05) is 34.2 Å². The summed E-state index contributed by atoms with van der Waals surface area (Å²) in [6.45, 7) is 1.85. The fraction of sp³-hybridized carbons (Fsp3) is 0.333. The number of carbonyl (C=O) groups is 2. The summed E-state index contributed by atoms with van der Waals surface area (Å²) >= 11 is 8.00. The number of nitrogens with zero attached hydrogens (tertiary/aromatic N) is 1. The van der Waals surface area contributed by atoms with Crippen molar-refractivity contribution < 1.29 is 9.59 Å². The van der Waals surface area contributed by atoms with E-state index >= 15 is 0 Å². The molecular formula is C12H11ClINO2. The van der Waals surface area contributed by atoms with Gasteiger partial charge in [0.2, 0.25) is 11.8 Å². The van der Waals surface area contributed by atoms with Gasteiger partial charge in [-0.15, -0.1) is 0 Å². The van der Waals surface area contributed by atoms with Gasteiger partial charge in [-0.05, 0) is 30.7 Å². The molecule has 1 aliphatic heterocycles. The lowest BCUT2D eigenvalue weighted by atomic mass is 10.1. The molecule has 1 saturated heterocycles. The highest BCUT2D eigenvalue weighted by Gasteiger charge is 2.39. The van der Waals surface area contributed by atoms with Crippen LogP contribution < -0.4 is 4.90 Å². The second kappa shape index (κ2) is 4.94. The molecule has 2 amide bonds. The molecule has 0 saturated carbocycles. The summed E-state index contributed by atoms with van der Waals surface area (Å²) in [6.07, 6.45) is 0.309. The molecule has 1 atom stereocenters. The molecule has 17 heavy (non-hydrogen) atoms. The number of rotatable bonds is 2. The number of hydrogen-bond acceptors (Lipinski definition) is 2. The van der Waals surface area contributed by atoms with E-state index in [1.807, 2.05) is 6.92 Å². The minimum atomic E-state index is -0.182. The number of aryl methyl sites for hydroxylation is 1. The highest BCUT2D eigenvalue weighted by Crippen LogP contribution is 2.31. The van der Waals surface area contributed by atoms with Crippen molar-refractivity contribution in [3.8, 4) is 0 Å². The number of carbonyl (C=O) groups excluding carboxylic acids is 2. The molecule has 1 aromatic rings. The number of halogens is 2. The van der Waals surface area contributed by atoms with Crippen molar-refractivity contribution >= 4 is 51.7 Å². The maximum absolute atomic E-state index is 12.1. The van der Waals surface area contributed by atoms with Crippen LogP contribution in [0.15, 0.2) is 18.2 Å². The topological polar surface area (TPSA) is 37.4 Å². The normalized spacial score (nSPS) is 20.2. The Morgan fingerprint density at radius 3 is 2.71 bits per heavy atom. The van der Waals surface area contributed by atoms with E-state index in [-0.39, 0.29) is 17.7 Å². The smallest absolute Gasteiger partial charge is 0.238 e.